The topological polar surface area (TPSA) is 147 Å². The van der Waals surface area contributed by atoms with Crippen LogP contribution < -0.4 is 16.6 Å². The molecule has 29 heavy (non-hydrogen) atoms. The van der Waals surface area contributed by atoms with E-state index in [2.05, 4.69) is 10.3 Å². The summed E-state index contributed by atoms with van der Waals surface area (Å²) in [6.07, 6.45) is -0.984. The van der Waals surface area contributed by atoms with Gasteiger partial charge in [0.15, 0.2) is 0 Å². The molecule has 3 heterocycles. The van der Waals surface area contributed by atoms with E-state index in [0.717, 1.165) is 0 Å². The summed E-state index contributed by atoms with van der Waals surface area (Å²) in [4.78, 5) is 38.6. The van der Waals surface area contributed by atoms with E-state index in [1.807, 2.05) is 0 Å². The van der Waals surface area contributed by atoms with E-state index in [1.165, 1.54) is 23.2 Å². The highest BCUT2D eigenvalue weighted by atomic mass is 16.5. The van der Waals surface area contributed by atoms with Crippen molar-refractivity contribution in [1.82, 2.24) is 14.9 Å². The number of aliphatic hydroxyl groups excluding tert-OH is 2. The Morgan fingerprint density at radius 3 is 2.76 bits per heavy atom. The molecule has 3 aromatic rings. The number of benzene rings is 1. The summed E-state index contributed by atoms with van der Waals surface area (Å²) in [6, 6.07) is 7.19. The SMILES string of the molecule is O=C(N[C@@H]1CO[C@H](Cn2c(=O)[nH]c(=O)c3ccccc32)[C@@H](O)[C@H]1O)c1ccoc1. The predicted octanol–water partition coefficient (Wildman–Crippen LogP) is -0.798. The first-order chi connectivity index (χ1) is 14.0. The maximum atomic E-state index is 12.3. The summed E-state index contributed by atoms with van der Waals surface area (Å²) in [6.45, 7) is -0.154. The number of aliphatic hydroxyl groups is 2. The molecule has 1 aliphatic rings. The lowest BCUT2D eigenvalue weighted by molar-refractivity contribution is -0.152. The zero-order valence-corrected chi connectivity index (χ0v) is 15.1. The van der Waals surface area contributed by atoms with Crippen LogP contribution in [0.4, 0.5) is 0 Å². The van der Waals surface area contributed by atoms with Gasteiger partial charge in [-0.05, 0) is 18.2 Å². The zero-order valence-electron chi connectivity index (χ0n) is 15.1. The van der Waals surface area contributed by atoms with E-state index < -0.39 is 41.5 Å². The van der Waals surface area contributed by atoms with E-state index in [9.17, 15) is 24.6 Å². The van der Waals surface area contributed by atoms with E-state index in [4.69, 9.17) is 9.15 Å². The van der Waals surface area contributed by atoms with Gasteiger partial charge in [0.05, 0.1) is 41.9 Å². The van der Waals surface area contributed by atoms with Gasteiger partial charge in [-0.1, -0.05) is 12.1 Å². The van der Waals surface area contributed by atoms with Gasteiger partial charge in [-0.15, -0.1) is 0 Å². The number of carbonyl (C=O) groups is 1. The van der Waals surface area contributed by atoms with Crippen LogP contribution in [0.3, 0.4) is 0 Å². The summed E-state index contributed by atoms with van der Waals surface area (Å²) in [5.74, 6) is -0.472. The van der Waals surface area contributed by atoms with Crippen LogP contribution in [0.2, 0.25) is 0 Å². The van der Waals surface area contributed by atoms with Gasteiger partial charge < -0.3 is 24.7 Å². The van der Waals surface area contributed by atoms with Crippen LogP contribution >= 0.6 is 0 Å². The number of para-hydroxylation sites is 1. The Kier molecular flexibility index (Phi) is 5.05. The number of hydrogen-bond donors (Lipinski definition) is 4. The molecule has 0 radical (unpaired) electrons. The minimum atomic E-state index is -1.36. The van der Waals surface area contributed by atoms with Crippen LogP contribution in [0.5, 0.6) is 0 Å². The van der Waals surface area contributed by atoms with Gasteiger partial charge in [0.25, 0.3) is 11.5 Å². The summed E-state index contributed by atoms with van der Waals surface area (Å²) < 4.78 is 11.8. The molecule has 1 aromatic carbocycles. The van der Waals surface area contributed by atoms with Crippen LogP contribution in [-0.4, -0.2) is 56.6 Å². The zero-order chi connectivity index (χ0) is 20.5. The lowest BCUT2D eigenvalue weighted by Gasteiger charge is -2.38. The number of amides is 1. The van der Waals surface area contributed by atoms with Crippen LogP contribution in [0.1, 0.15) is 10.4 Å². The molecule has 10 heteroatoms. The molecule has 1 aliphatic heterocycles. The van der Waals surface area contributed by atoms with Gasteiger partial charge in [0, 0.05) is 0 Å². The minimum absolute atomic E-state index is 0.0669. The van der Waals surface area contributed by atoms with Crippen LogP contribution in [0.25, 0.3) is 10.9 Å². The van der Waals surface area contributed by atoms with Crippen molar-refractivity contribution in [3.8, 4) is 0 Å². The van der Waals surface area contributed by atoms with E-state index in [1.54, 1.807) is 24.3 Å². The third-order valence-electron chi connectivity index (χ3n) is 5.00. The highest BCUT2D eigenvalue weighted by Gasteiger charge is 2.39. The first-order valence-corrected chi connectivity index (χ1v) is 8.98. The van der Waals surface area contributed by atoms with Crippen molar-refractivity contribution >= 4 is 16.8 Å². The van der Waals surface area contributed by atoms with Crippen LogP contribution in [0.15, 0.2) is 56.9 Å². The molecule has 0 saturated carbocycles. The number of rotatable bonds is 4. The molecule has 4 N–H and O–H groups in total. The monoisotopic (exact) mass is 401 g/mol. The fourth-order valence-corrected chi connectivity index (χ4v) is 3.42. The van der Waals surface area contributed by atoms with Crippen molar-refractivity contribution in [3.05, 3.63) is 69.3 Å². The Bertz CT molecular complexity index is 1130. The molecule has 0 spiro atoms. The lowest BCUT2D eigenvalue weighted by Crippen LogP contribution is -2.60. The molecule has 0 unspecified atom stereocenters. The van der Waals surface area contributed by atoms with Crippen molar-refractivity contribution in [2.75, 3.05) is 6.61 Å². The third kappa shape index (κ3) is 3.60. The molecule has 0 aliphatic carbocycles. The largest absolute Gasteiger partial charge is 0.472 e. The Morgan fingerprint density at radius 2 is 2.00 bits per heavy atom. The van der Waals surface area contributed by atoms with Crippen LogP contribution in [-0.2, 0) is 11.3 Å². The molecule has 10 nitrogen and oxygen atoms in total. The highest BCUT2D eigenvalue weighted by Crippen LogP contribution is 2.19. The number of hydrogen-bond acceptors (Lipinski definition) is 7. The number of ether oxygens (including phenoxy) is 1. The Balaban J connectivity index is 1.52. The number of aromatic nitrogens is 2. The molecule has 1 fully saturated rings. The number of carbonyl (C=O) groups excluding carboxylic acids is 1. The fraction of sp³-hybridized carbons (Fsp3) is 0.316. The van der Waals surface area contributed by atoms with Gasteiger partial charge in [-0.3, -0.25) is 19.1 Å². The third-order valence-corrected chi connectivity index (χ3v) is 5.00. The molecule has 4 atom stereocenters. The van der Waals surface area contributed by atoms with E-state index >= 15 is 0 Å². The standard InChI is InChI=1S/C19H19N3O7/c23-15-12(20-17(25)10-5-6-28-8-10)9-29-14(16(15)24)7-22-13-4-2-1-3-11(13)18(26)21-19(22)27/h1-6,8,12,14-16,23-24H,7,9H2,(H,20,25)(H,21,26,27)/t12-,14-,15+,16-/m1/s1. The van der Waals surface area contributed by atoms with Crippen molar-refractivity contribution in [2.45, 2.75) is 30.9 Å². The minimum Gasteiger partial charge on any atom is -0.472 e. The smallest absolute Gasteiger partial charge is 0.328 e. The molecule has 152 valence electrons. The van der Waals surface area contributed by atoms with Crippen molar-refractivity contribution < 1.29 is 24.2 Å². The Morgan fingerprint density at radius 1 is 1.21 bits per heavy atom. The van der Waals surface area contributed by atoms with E-state index in [-0.39, 0.29) is 18.7 Å². The van der Waals surface area contributed by atoms with Gasteiger partial charge in [0.2, 0.25) is 0 Å². The predicted molar refractivity (Wildman–Crippen MR) is 101 cm³/mol. The first kappa shape index (κ1) is 19.1. The lowest BCUT2D eigenvalue weighted by atomic mass is 9.97. The molecular weight excluding hydrogens is 382 g/mol. The second kappa shape index (κ2) is 7.66. The molecular formula is C19H19N3O7. The molecule has 4 rings (SSSR count). The fourth-order valence-electron chi connectivity index (χ4n) is 3.42. The Labute approximate surface area is 163 Å². The number of nitrogens with zero attached hydrogens (tertiary/aromatic N) is 1. The number of furan rings is 1. The quantitative estimate of drug-likeness (QED) is 0.448. The van der Waals surface area contributed by atoms with Gasteiger partial charge in [-0.25, -0.2) is 4.79 Å². The van der Waals surface area contributed by atoms with E-state index in [0.29, 0.717) is 10.9 Å². The molecule has 0 bridgehead atoms. The van der Waals surface area contributed by atoms with Gasteiger partial charge in [0.1, 0.15) is 24.6 Å². The maximum absolute atomic E-state index is 12.3. The molecule has 1 saturated heterocycles. The second-order valence-electron chi connectivity index (χ2n) is 6.83. The normalized spacial score (nSPS) is 24.5. The Hall–Kier alpha value is -3.21. The summed E-state index contributed by atoms with van der Waals surface area (Å²) >= 11 is 0. The van der Waals surface area contributed by atoms with Crippen molar-refractivity contribution in [1.29, 1.82) is 0 Å². The molecule has 2 aromatic heterocycles. The number of nitrogens with one attached hydrogen (secondary N) is 2. The van der Waals surface area contributed by atoms with Gasteiger partial charge in [-0.2, -0.15) is 0 Å². The number of fused-ring (bicyclic) bond motifs is 1. The van der Waals surface area contributed by atoms with Crippen molar-refractivity contribution in [3.63, 3.8) is 0 Å². The van der Waals surface area contributed by atoms with Crippen molar-refractivity contribution in [2.24, 2.45) is 0 Å². The maximum Gasteiger partial charge on any atom is 0.328 e. The van der Waals surface area contributed by atoms with Gasteiger partial charge >= 0.3 is 5.69 Å². The summed E-state index contributed by atoms with van der Waals surface area (Å²) in [7, 11) is 0. The summed E-state index contributed by atoms with van der Waals surface area (Å²) in [5, 5.41) is 23.9. The molecule has 1 amide bonds. The number of H-pyrrole nitrogens is 1. The van der Waals surface area contributed by atoms with Crippen LogP contribution in [0, 0.1) is 0 Å². The average Bonchev–Trinajstić information content (AvgIpc) is 3.25. The second-order valence-corrected chi connectivity index (χ2v) is 6.83. The number of aromatic amines is 1. The summed E-state index contributed by atoms with van der Waals surface area (Å²) in [5.41, 5.74) is -0.481. The average molecular weight is 401 g/mol. The first-order valence-electron chi connectivity index (χ1n) is 8.98. The highest BCUT2D eigenvalue weighted by molar-refractivity contribution is 5.94.